The second-order valence-electron chi connectivity index (χ2n) is 4.81. The van der Waals surface area contributed by atoms with E-state index in [-0.39, 0.29) is 12.5 Å². The van der Waals surface area contributed by atoms with E-state index in [2.05, 4.69) is 4.99 Å². The molecule has 1 saturated heterocycles. The maximum atomic E-state index is 12.2. The van der Waals surface area contributed by atoms with Gasteiger partial charge in [0, 0.05) is 31.2 Å². The Morgan fingerprint density at radius 2 is 1.91 bits per heavy atom. The van der Waals surface area contributed by atoms with E-state index >= 15 is 0 Å². The van der Waals surface area contributed by atoms with Crippen LogP contribution in [0.5, 0.6) is 5.75 Å². The Kier molecular flexibility index (Phi) is 6.56. The molecule has 1 fully saturated rings. The molecular weight excluding hydrogens is 336 g/mol. The van der Waals surface area contributed by atoms with Gasteiger partial charge in [-0.25, -0.2) is 0 Å². The smallest absolute Gasteiger partial charge is 0.260 e. The largest absolute Gasteiger partial charge is 0.484 e. The maximum Gasteiger partial charge on any atom is 0.260 e. The highest BCUT2D eigenvalue weighted by atomic mass is 35.5. The maximum absolute atomic E-state index is 12.2. The van der Waals surface area contributed by atoms with Crippen LogP contribution in [0.25, 0.3) is 0 Å². The molecule has 1 aromatic carbocycles. The molecule has 0 unspecified atom stereocenters. The molecule has 6 nitrogen and oxygen atoms in total. The van der Waals surface area contributed by atoms with Crippen LogP contribution in [-0.4, -0.2) is 59.9 Å². The number of carbonyl (C=O) groups excluding carboxylic acids is 1. The first-order valence-corrected chi connectivity index (χ1v) is 8.66. The van der Waals surface area contributed by atoms with Crippen LogP contribution in [0.3, 0.4) is 0 Å². The highest BCUT2D eigenvalue weighted by Crippen LogP contribution is 2.16. The van der Waals surface area contributed by atoms with E-state index in [1.54, 1.807) is 29.2 Å². The van der Waals surface area contributed by atoms with Crippen molar-refractivity contribution in [1.82, 2.24) is 9.80 Å². The Morgan fingerprint density at radius 3 is 2.48 bits per heavy atom. The lowest BCUT2D eigenvalue weighted by atomic mass is 10.3. The number of aliphatic imine (C=N–C) groups is 1. The van der Waals surface area contributed by atoms with Gasteiger partial charge in [-0.15, -0.1) is 4.99 Å². The third kappa shape index (κ3) is 5.05. The molecule has 0 bridgehead atoms. The Bertz CT molecular complexity index is 607. The highest BCUT2D eigenvalue weighted by Gasteiger charge is 2.23. The molecule has 0 atom stereocenters. The van der Waals surface area contributed by atoms with E-state index in [4.69, 9.17) is 21.6 Å². The van der Waals surface area contributed by atoms with Crippen LogP contribution >= 0.6 is 23.4 Å². The van der Waals surface area contributed by atoms with Gasteiger partial charge in [-0.2, -0.15) is 5.26 Å². The first kappa shape index (κ1) is 17.4. The van der Waals surface area contributed by atoms with Crippen molar-refractivity contribution in [2.24, 2.45) is 4.99 Å². The molecule has 0 spiro atoms. The summed E-state index contributed by atoms with van der Waals surface area (Å²) in [5.74, 6) is 0.565. The number of piperazine rings is 1. The van der Waals surface area contributed by atoms with Gasteiger partial charge < -0.3 is 14.5 Å². The van der Waals surface area contributed by atoms with Crippen LogP contribution in [0.1, 0.15) is 0 Å². The lowest BCUT2D eigenvalue weighted by Gasteiger charge is -2.35. The molecule has 2 rings (SSSR count). The fourth-order valence-corrected chi connectivity index (χ4v) is 2.90. The number of carbonyl (C=O) groups is 1. The number of ether oxygens (including phenoxy) is 1. The van der Waals surface area contributed by atoms with Gasteiger partial charge in [-0.05, 0) is 30.5 Å². The minimum absolute atomic E-state index is 0.00328. The van der Waals surface area contributed by atoms with Gasteiger partial charge in [0.15, 0.2) is 11.8 Å². The van der Waals surface area contributed by atoms with Gasteiger partial charge >= 0.3 is 0 Å². The summed E-state index contributed by atoms with van der Waals surface area (Å²) < 4.78 is 5.48. The third-order valence-electron chi connectivity index (χ3n) is 3.41. The van der Waals surface area contributed by atoms with Crippen LogP contribution in [-0.2, 0) is 4.79 Å². The molecule has 1 aromatic rings. The number of rotatable bonds is 3. The fraction of sp³-hybridized carbons (Fsp3) is 0.400. The van der Waals surface area contributed by atoms with Crippen LogP contribution in [0.15, 0.2) is 29.3 Å². The fourth-order valence-electron chi connectivity index (χ4n) is 2.20. The first-order valence-electron chi connectivity index (χ1n) is 7.06. The van der Waals surface area contributed by atoms with Crippen molar-refractivity contribution < 1.29 is 9.53 Å². The Balaban J connectivity index is 1.80. The standard InChI is InChI=1S/C15H17ClN4O2S/c1-23-15(18-11-17)20-8-6-19(7-9-20)14(21)10-22-13-4-2-12(16)3-5-13/h2-5H,6-10H2,1H3. The monoisotopic (exact) mass is 352 g/mol. The molecule has 1 heterocycles. The number of amides is 1. The lowest BCUT2D eigenvalue weighted by molar-refractivity contribution is -0.134. The van der Waals surface area contributed by atoms with Crippen molar-refractivity contribution in [3.05, 3.63) is 29.3 Å². The molecule has 122 valence electrons. The summed E-state index contributed by atoms with van der Waals surface area (Å²) in [6, 6.07) is 6.91. The number of hydrogen-bond acceptors (Lipinski definition) is 5. The molecule has 1 aliphatic rings. The summed E-state index contributed by atoms with van der Waals surface area (Å²) in [5.41, 5.74) is 0. The summed E-state index contributed by atoms with van der Waals surface area (Å²) >= 11 is 7.24. The molecule has 0 aromatic heterocycles. The van der Waals surface area contributed by atoms with E-state index in [1.165, 1.54) is 11.8 Å². The predicted octanol–water partition coefficient (Wildman–Crippen LogP) is 2.06. The number of amidine groups is 1. The number of nitriles is 1. The molecule has 23 heavy (non-hydrogen) atoms. The summed E-state index contributed by atoms with van der Waals surface area (Å²) in [5, 5.41) is 9.99. The van der Waals surface area contributed by atoms with Crippen LogP contribution in [0, 0.1) is 11.5 Å². The molecule has 0 radical (unpaired) electrons. The van der Waals surface area contributed by atoms with Crippen molar-refractivity contribution in [3.63, 3.8) is 0 Å². The second-order valence-corrected chi connectivity index (χ2v) is 6.02. The van der Waals surface area contributed by atoms with E-state index in [0.717, 1.165) is 0 Å². The van der Waals surface area contributed by atoms with Crippen LogP contribution in [0.4, 0.5) is 0 Å². The Morgan fingerprint density at radius 1 is 1.30 bits per heavy atom. The molecule has 0 N–H and O–H groups in total. The zero-order chi connectivity index (χ0) is 16.7. The zero-order valence-electron chi connectivity index (χ0n) is 12.7. The first-order chi connectivity index (χ1) is 11.1. The van der Waals surface area contributed by atoms with E-state index < -0.39 is 0 Å². The number of benzene rings is 1. The van der Waals surface area contributed by atoms with Crippen LogP contribution in [0.2, 0.25) is 5.02 Å². The minimum atomic E-state index is -0.0532. The van der Waals surface area contributed by atoms with E-state index in [1.807, 2.05) is 17.3 Å². The molecule has 8 heteroatoms. The molecule has 0 aliphatic carbocycles. The average Bonchev–Trinajstić information content (AvgIpc) is 2.59. The van der Waals surface area contributed by atoms with Gasteiger partial charge in [0.05, 0.1) is 0 Å². The SMILES string of the molecule is CSC(=NC#N)N1CCN(C(=O)COc2ccc(Cl)cc2)CC1. The highest BCUT2D eigenvalue weighted by molar-refractivity contribution is 8.13. The average molecular weight is 353 g/mol. The molecule has 0 saturated carbocycles. The Hall–Kier alpha value is -1.91. The number of thioether (sulfide) groups is 1. The van der Waals surface area contributed by atoms with Crippen molar-refractivity contribution >= 4 is 34.4 Å². The predicted molar refractivity (Wildman–Crippen MR) is 91.7 cm³/mol. The van der Waals surface area contributed by atoms with Gasteiger partial charge in [0.2, 0.25) is 6.19 Å². The summed E-state index contributed by atoms with van der Waals surface area (Å²) in [6.07, 6.45) is 3.69. The van der Waals surface area contributed by atoms with Crippen molar-refractivity contribution in [2.45, 2.75) is 0 Å². The Labute approximate surface area is 144 Å². The summed E-state index contributed by atoms with van der Waals surface area (Å²) in [7, 11) is 0. The van der Waals surface area contributed by atoms with E-state index in [0.29, 0.717) is 42.1 Å². The molecule has 1 aliphatic heterocycles. The van der Waals surface area contributed by atoms with Gasteiger partial charge in [-0.1, -0.05) is 23.4 Å². The normalized spacial score (nSPS) is 15.3. The lowest BCUT2D eigenvalue weighted by Crippen LogP contribution is -2.51. The minimum Gasteiger partial charge on any atom is -0.484 e. The summed E-state index contributed by atoms with van der Waals surface area (Å²) in [4.78, 5) is 19.7. The second kappa shape index (κ2) is 8.65. The number of halogens is 1. The van der Waals surface area contributed by atoms with E-state index in [9.17, 15) is 4.79 Å². The van der Waals surface area contributed by atoms with Crippen LogP contribution < -0.4 is 4.74 Å². The summed E-state index contributed by atoms with van der Waals surface area (Å²) in [6.45, 7) is 2.51. The molecule has 1 amide bonds. The quantitative estimate of drug-likeness (QED) is 0.473. The van der Waals surface area contributed by atoms with Gasteiger partial charge in [-0.3, -0.25) is 4.79 Å². The molecular formula is C15H17ClN4O2S. The number of hydrogen-bond donors (Lipinski definition) is 0. The van der Waals surface area contributed by atoms with Gasteiger partial charge in [0.25, 0.3) is 5.91 Å². The zero-order valence-corrected chi connectivity index (χ0v) is 14.3. The topological polar surface area (TPSA) is 68.9 Å². The van der Waals surface area contributed by atoms with Crippen molar-refractivity contribution in [2.75, 3.05) is 39.0 Å². The third-order valence-corrected chi connectivity index (χ3v) is 4.37. The number of nitrogens with zero attached hydrogens (tertiary/aromatic N) is 4. The van der Waals surface area contributed by atoms with Crippen molar-refractivity contribution in [1.29, 1.82) is 5.26 Å². The van der Waals surface area contributed by atoms with Crippen molar-refractivity contribution in [3.8, 4) is 11.9 Å². The van der Waals surface area contributed by atoms with Gasteiger partial charge in [0.1, 0.15) is 5.75 Å².